The Balaban J connectivity index is 2.36. The average Bonchev–Trinajstić information content (AvgIpc) is 2.90. The van der Waals surface area contributed by atoms with Crippen LogP contribution >= 0.6 is 0 Å². The van der Waals surface area contributed by atoms with Crippen LogP contribution in [0.5, 0.6) is 0 Å². The van der Waals surface area contributed by atoms with E-state index in [-0.39, 0.29) is 19.0 Å². The van der Waals surface area contributed by atoms with Gasteiger partial charge < -0.3 is 9.47 Å². The largest absolute Gasteiger partial charge is 0.465 e. The van der Waals surface area contributed by atoms with Gasteiger partial charge in [-0.15, -0.1) is 0 Å². The number of hydrogen-bond donors (Lipinski definition) is 0. The Morgan fingerprint density at radius 2 is 1.75 bits per heavy atom. The SMILES string of the molecule is C/C=C(/C1Cc2ccccc2C1=O)C(C(=O)OCC)C(=O)OCC. The third kappa shape index (κ3) is 3.40. The van der Waals surface area contributed by atoms with Crippen molar-refractivity contribution in [2.45, 2.75) is 27.2 Å². The third-order valence-corrected chi connectivity index (χ3v) is 4.14. The highest BCUT2D eigenvalue weighted by Gasteiger charge is 2.42. The van der Waals surface area contributed by atoms with Gasteiger partial charge in [-0.2, -0.15) is 0 Å². The maximum Gasteiger partial charge on any atom is 0.324 e. The fourth-order valence-corrected chi connectivity index (χ4v) is 3.10. The number of carbonyl (C=O) groups excluding carboxylic acids is 3. The van der Waals surface area contributed by atoms with Crippen molar-refractivity contribution < 1.29 is 23.9 Å². The number of benzene rings is 1. The maximum atomic E-state index is 12.7. The van der Waals surface area contributed by atoms with Crippen LogP contribution in [0, 0.1) is 11.8 Å². The lowest BCUT2D eigenvalue weighted by atomic mass is 9.85. The van der Waals surface area contributed by atoms with E-state index in [4.69, 9.17) is 9.47 Å². The quantitative estimate of drug-likeness (QED) is 0.456. The van der Waals surface area contributed by atoms with Crippen molar-refractivity contribution in [1.29, 1.82) is 0 Å². The minimum atomic E-state index is -1.20. The van der Waals surface area contributed by atoms with Crippen LogP contribution in [0.3, 0.4) is 0 Å². The number of allylic oxidation sites excluding steroid dienone is 1. The van der Waals surface area contributed by atoms with E-state index in [9.17, 15) is 14.4 Å². The Bertz CT molecular complexity index is 656. The van der Waals surface area contributed by atoms with Gasteiger partial charge in [0.05, 0.1) is 13.2 Å². The maximum absolute atomic E-state index is 12.7. The van der Waals surface area contributed by atoms with Gasteiger partial charge in [0.25, 0.3) is 0 Å². The summed E-state index contributed by atoms with van der Waals surface area (Å²) in [6, 6.07) is 7.35. The van der Waals surface area contributed by atoms with Gasteiger partial charge in [0.2, 0.25) is 0 Å². The number of Topliss-reactive ketones (excluding diaryl/α,β-unsaturated/α-hetero) is 1. The summed E-state index contributed by atoms with van der Waals surface area (Å²) in [5.41, 5.74) is 2.03. The molecule has 1 aromatic rings. The second kappa shape index (κ2) is 7.90. The van der Waals surface area contributed by atoms with Gasteiger partial charge in [0.1, 0.15) is 0 Å². The molecule has 0 fully saturated rings. The lowest BCUT2D eigenvalue weighted by Crippen LogP contribution is -2.33. The highest BCUT2D eigenvalue weighted by molar-refractivity contribution is 6.06. The number of hydrogen-bond acceptors (Lipinski definition) is 5. The van der Waals surface area contributed by atoms with Gasteiger partial charge in [-0.25, -0.2) is 0 Å². The summed E-state index contributed by atoms with van der Waals surface area (Å²) in [7, 11) is 0. The molecule has 1 unspecified atom stereocenters. The molecule has 0 radical (unpaired) electrons. The summed E-state index contributed by atoms with van der Waals surface area (Å²) >= 11 is 0. The van der Waals surface area contributed by atoms with Gasteiger partial charge in [-0.05, 0) is 38.3 Å². The molecule has 1 aliphatic carbocycles. The summed E-state index contributed by atoms with van der Waals surface area (Å²) in [5.74, 6) is -3.15. The van der Waals surface area contributed by atoms with Crippen molar-refractivity contribution in [3.8, 4) is 0 Å². The van der Waals surface area contributed by atoms with Crippen molar-refractivity contribution in [3.63, 3.8) is 0 Å². The second-order valence-corrected chi connectivity index (χ2v) is 5.50. The summed E-state index contributed by atoms with van der Waals surface area (Å²) in [5, 5.41) is 0. The summed E-state index contributed by atoms with van der Waals surface area (Å²) in [4.78, 5) is 37.4. The first-order chi connectivity index (χ1) is 11.5. The van der Waals surface area contributed by atoms with Crippen molar-refractivity contribution in [2.24, 2.45) is 11.8 Å². The van der Waals surface area contributed by atoms with E-state index < -0.39 is 23.8 Å². The second-order valence-electron chi connectivity index (χ2n) is 5.50. The normalized spacial score (nSPS) is 16.9. The van der Waals surface area contributed by atoms with Gasteiger partial charge in [-0.1, -0.05) is 30.3 Å². The van der Waals surface area contributed by atoms with E-state index in [0.29, 0.717) is 17.6 Å². The molecule has 0 spiro atoms. The van der Waals surface area contributed by atoms with E-state index in [1.165, 1.54) is 0 Å². The molecule has 0 aliphatic heterocycles. The lowest BCUT2D eigenvalue weighted by Gasteiger charge is -2.21. The zero-order chi connectivity index (χ0) is 17.7. The van der Waals surface area contributed by atoms with Crippen LogP contribution in [-0.2, 0) is 25.5 Å². The Labute approximate surface area is 141 Å². The van der Waals surface area contributed by atoms with Crippen LogP contribution < -0.4 is 0 Å². The molecule has 0 amide bonds. The van der Waals surface area contributed by atoms with Crippen molar-refractivity contribution in [3.05, 3.63) is 47.0 Å². The summed E-state index contributed by atoms with van der Waals surface area (Å²) in [6.45, 7) is 5.38. The molecule has 0 bridgehead atoms. The highest BCUT2D eigenvalue weighted by Crippen LogP contribution is 2.35. The number of fused-ring (bicyclic) bond motifs is 1. The number of rotatable bonds is 6. The average molecular weight is 330 g/mol. The topological polar surface area (TPSA) is 69.7 Å². The van der Waals surface area contributed by atoms with E-state index >= 15 is 0 Å². The molecular formula is C19H22O5. The van der Waals surface area contributed by atoms with E-state index in [0.717, 1.165) is 5.56 Å². The molecule has 1 atom stereocenters. The zero-order valence-corrected chi connectivity index (χ0v) is 14.2. The number of ketones is 1. The van der Waals surface area contributed by atoms with Crippen LogP contribution in [0.25, 0.3) is 0 Å². The predicted molar refractivity (Wildman–Crippen MR) is 88.5 cm³/mol. The van der Waals surface area contributed by atoms with Gasteiger partial charge in [0.15, 0.2) is 11.7 Å². The highest BCUT2D eigenvalue weighted by atomic mass is 16.6. The first-order valence-corrected chi connectivity index (χ1v) is 8.16. The first-order valence-electron chi connectivity index (χ1n) is 8.16. The zero-order valence-electron chi connectivity index (χ0n) is 14.2. The van der Waals surface area contributed by atoms with Gasteiger partial charge in [0, 0.05) is 11.5 Å². The third-order valence-electron chi connectivity index (χ3n) is 4.14. The van der Waals surface area contributed by atoms with Crippen LogP contribution in [0.15, 0.2) is 35.9 Å². The van der Waals surface area contributed by atoms with E-state index in [1.54, 1.807) is 32.9 Å². The molecule has 0 N–H and O–H groups in total. The fourth-order valence-electron chi connectivity index (χ4n) is 3.10. The Morgan fingerprint density at radius 1 is 1.17 bits per heavy atom. The molecule has 5 heteroatoms. The molecule has 1 aromatic carbocycles. The minimum absolute atomic E-state index is 0.0719. The number of ether oxygens (including phenoxy) is 2. The molecule has 1 aliphatic rings. The molecular weight excluding hydrogens is 308 g/mol. The fraction of sp³-hybridized carbons (Fsp3) is 0.421. The van der Waals surface area contributed by atoms with Crippen LogP contribution in [0.2, 0.25) is 0 Å². The molecule has 5 nitrogen and oxygen atoms in total. The van der Waals surface area contributed by atoms with E-state index in [2.05, 4.69) is 0 Å². The Kier molecular flexibility index (Phi) is 5.90. The van der Waals surface area contributed by atoms with Crippen LogP contribution in [-0.4, -0.2) is 30.9 Å². The van der Waals surface area contributed by atoms with E-state index in [1.807, 2.05) is 18.2 Å². The van der Waals surface area contributed by atoms with Crippen molar-refractivity contribution in [2.75, 3.05) is 13.2 Å². The van der Waals surface area contributed by atoms with Crippen molar-refractivity contribution >= 4 is 17.7 Å². The molecule has 0 saturated carbocycles. The molecule has 0 heterocycles. The first kappa shape index (κ1) is 17.9. The van der Waals surface area contributed by atoms with Crippen molar-refractivity contribution in [1.82, 2.24) is 0 Å². The molecule has 0 aromatic heterocycles. The summed E-state index contributed by atoms with van der Waals surface area (Å²) in [6.07, 6.45) is 2.14. The minimum Gasteiger partial charge on any atom is -0.465 e. The number of carbonyl (C=O) groups is 3. The van der Waals surface area contributed by atoms with Crippen LogP contribution in [0.4, 0.5) is 0 Å². The molecule has 24 heavy (non-hydrogen) atoms. The Morgan fingerprint density at radius 3 is 2.25 bits per heavy atom. The van der Waals surface area contributed by atoms with Gasteiger partial charge >= 0.3 is 11.9 Å². The standard InChI is InChI=1S/C19H22O5/c1-4-13(16(18(21)23-5-2)19(22)24-6-3)15-11-12-9-7-8-10-14(12)17(15)20/h4,7-10,15-16H,5-6,11H2,1-3H3/b13-4-. The molecule has 0 saturated heterocycles. The van der Waals surface area contributed by atoms with Crippen LogP contribution in [0.1, 0.15) is 36.7 Å². The summed E-state index contributed by atoms with van der Waals surface area (Å²) < 4.78 is 10.1. The number of esters is 2. The molecule has 128 valence electrons. The van der Waals surface area contributed by atoms with Gasteiger partial charge in [-0.3, -0.25) is 14.4 Å². The molecule has 2 rings (SSSR count). The Hall–Kier alpha value is -2.43. The predicted octanol–water partition coefficient (Wildman–Crippen LogP) is 2.73. The monoisotopic (exact) mass is 330 g/mol. The smallest absolute Gasteiger partial charge is 0.324 e. The lowest BCUT2D eigenvalue weighted by molar-refractivity contribution is -0.159.